The van der Waals surface area contributed by atoms with Crippen LogP contribution in [0.2, 0.25) is 0 Å². The molecular weight excluding hydrogens is 444 g/mol. The molecule has 1 saturated carbocycles. The molecule has 1 saturated heterocycles. The first-order valence-electron chi connectivity index (χ1n) is 11.4. The largest absolute Gasteiger partial charge is 0.366 e. The summed E-state index contributed by atoms with van der Waals surface area (Å²) in [5.74, 6) is -1.89. The molecule has 8 nitrogen and oxygen atoms in total. The van der Waals surface area contributed by atoms with Gasteiger partial charge in [-0.3, -0.25) is 24.1 Å². The van der Waals surface area contributed by atoms with Crippen molar-refractivity contribution in [2.45, 2.75) is 44.7 Å². The lowest BCUT2D eigenvalue weighted by molar-refractivity contribution is -0.183. The second kappa shape index (κ2) is 9.09. The van der Waals surface area contributed by atoms with Crippen LogP contribution in [0.25, 0.3) is 11.0 Å². The highest BCUT2D eigenvalue weighted by Gasteiger charge is 2.37. The highest BCUT2D eigenvalue weighted by atomic mass is 19.1. The molecule has 34 heavy (non-hydrogen) atoms. The molecule has 2 aromatic heterocycles. The van der Waals surface area contributed by atoms with Crippen LogP contribution in [0.1, 0.15) is 54.1 Å². The third-order valence-corrected chi connectivity index (χ3v) is 6.80. The van der Waals surface area contributed by atoms with E-state index in [0.717, 1.165) is 24.4 Å². The maximum Gasteiger partial charge on any atom is 0.250 e. The lowest BCUT2D eigenvalue weighted by Crippen LogP contribution is -2.37. The number of hydrogen-bond donors (Lipinski definition) is 1. The van der Waals surface area contributed by atoms with E-state index >= 15 is 0 Å². The van der Waals surface area contributed by atoms with Crippen LogP contribution in [0, 0.1) is 23.5 Å². The summed E-state index contributed by atoms with van der Waals surface area (Å²) < 4.78 is 29.2. The third-order valence-electron chi connectivity index (χ3n) is 6.80. The molecule has 2 fully saturated rings. The summed E-state index contributed by atoms with van der Waals surface area (Å²) in [6.45, 7) is 0.983. The van der Waals surface area contributed by atoms with Crippen molar-refractivity contribution < 1.29 is 23.2 Å². The fourth-order valence-corrected chi connectivity index (χ4v) is 5.01. The number of halogens is 2. The molecule has 2 N–H and O–H groups in total. The smallest absolute Gasteiger partial charge is 0.250 e. The number of nitrogens with zero attached hydrogens (tertiary/aromatic N) is 4. The molecule has 178 valence electrons. The number of hydrogen-bond acceptors (Lipinski definition) is 5. The van der Waals surface area contributed by atoms with Crippen molar-refractivity contribution in [1.29, 1.82) is 0 Å². The number of rotatable bonds is 5. The Kier molecular flexibility index (Phi) is 5.99. The van der Waals surface area contributed by atoms with Gasteiger partial charge >= 0.3 is 0 Å². The molecule has 2 amide bonds. The third kappa shape index (κ3) is 4.37. The summed E-state index contributed by atoms with van der Waals surface area (Å²) >= 11 is 0. The van der Waals surface area contributed by atoms with Crippen LogP contribution in [-0.2, 0) is 16.2 Å². The Labute approximate surface area is 194 Å². The van der Waals surface area contributed by atoms with Crippen LogP contribution < -0.4 is 5.73 Å². The van der Waals surface area contributed by atoms with Gasteiger partial charge in [0.1, 0.15) is 17.2 Å². The van der Waals surface area contributed by atoms with Gasteiger partial charge in [0.2, 0.25) is 11.8 Å². The van der Waals surface area contributed by atoms with Crippen LogP contribution in [0.3, 0.4) is 0 Å². The van der Waals surface area contributed by atoms with Crippen molar-refractivity contribution in [2.24, 2.45) is 17.6 Å². The van der Waals surface area contributed by atoms with Crippen molar-refractivity contribution in [3.05, 3.63) is 59.4 Å². The molecule has 2 aliphatic rings. The van der Waals surface area contributed by atoms with E-state index in [9.17, 15) is 18.4 Å². The van der Waals surface area contributed by atoms with Gasteiger partial charge in [0, 0.05) is 31.1 Å². The predicted octanol–water partition coefficient (Wildman–Crippen LogP) is 3.52. The zero-order valence-corrected chi connectivity index (χ0v) is 18.5. The fraction of sp³-hybridized carbons (Fsp3) is 0.417. The monoisotopic (exact) mass is 469 g/mol. The Morgan fingerprint density at radius 2 is 1.76 bits per heavy atom. The molecule has 1 aliphatic heterocycles. The number of primary amides is 1. The molecule has 0 unspecified atom stereocenters. The minimum absolute atomic E-state index is 0.134. The molecule has 3 heterocycles. The van der Waals surface area contributed by atoms with Gasteiger partial charge in [-0.1, -0.05) is 0 Å². The predicted molar refractivity (Wildman–Crippen MR) is 118 cm³/mol. The molecular formula is C24H25F2N5O3. The number of carbonyl (C=O) groups excluding carboxylic acids is 2. The number of pyridine rings is 1. The van der Waals surface area contributed by atoms with Gasteiger partial charge in [0.25, 0.3) is 0 Å². The van der Waals surface area contributed by atoms with Crippen LogP contribution in [-0.4, -0.2) is 38.2 Å². The van der Waals surface area contributed by atoms with Crippen LogP contribution in [0.5, 0.6) is 0 Å². The van der Waals surface area contributed by atoms with E-state index in [4.69, 9.17) is 10.6 Å². The zero-order valence-electron chi connectivity index (χ0n) is 18.5. The van der Waals surface area contributed by atoms with Gasteiger partial charge < -0.3 is 5.73 Å². The van der Waals surface area contributed by atoms with Gasteiger partial charge in [-0.25, -0.2) is 13.8 Å². The quantitative estimate of drug-likeness (QED) is 0.616. The molecule has 1 aliphatic carbocycles. The van der Waals surface area contributed by atoms with Crippen molar-refractivity contribution in [3.8, 4) is 0 Å². The van der Waals surface area contributed by atoms with Gasteiger partial charge in [0.05, 0.1) is 29.9 Å². The van der Waals surface area contributed by atoms with Gasteiger partial charge in [-0.2, -0.15) is 5.10 Å². The summed E-state index contributed by atoms with van der Waals surface area (Å²) in [4.78, 5) is 34.5. The van der Waals surface area contributed by atoms with E-state index in [1.165, 1.54) is 23.4 Å². The molecule has 5 rings (SSSR count). The molecule has 0 bridgehead atoms. The number of benzene rings is 1. The number of nitrogens with two attached hydrogens (primary N) is 1. The van der Waals surface area contributed by atoms with E-state index in [0.29, 0.717) is 55.0 Å². The number of carbonyl (C=O) groups is 2. The maximum absolute atomic E-state index is 13.7. The second-order valence-corrected chi connectivity index (χ2v) is 9.04. The fourth-order valence-electron chi connectivity index (χ4n) is 5.01. The van der Waals surface area contributed by atoms with E-state index in [1.54, 1.807) is 12.3 Å². The standard InChI is InChI=1S/C24H25F2N5O3/c25-18-7-16(8-19(26)10-18)21-5-6-34-31(21)24(33)15-3-1-14(2-4-15)13-30-22-9-17(23(27)32)11-28-20(22)12-29-30/h7-12,14-15,21H,1-6,13H2,(H2,27,32)/t14?,15?,21-/m0/s1. The van der Waals surface area contributed by atoms with Crippen LogP contribution in [0.15, 0.2) is 36.7 Å². The van der Waals surface area contributed by atoms with Crippen molar-refractivity contribution in [1.82, 2.24) is 19.8 Å². The highest BCUT2D eigenvalue weighted by Crippen LogP contribution is 2.37. The molecule has 1 atom stereocenters. The Morgan fingerprint density at radius 1 is 1.03 bits per heavy atom. The van der Waals surface area contributed by atoms with E-state index in [-0.39, 0.29) is 11.8 Å². The van der Waals surface area contributed by atoms with Gasteiger partial charge in [-0.15, -0.1) is 0 Å². The zero-order chi connectivity index (χ0) is 23.8. The minimum Gasteiger partial charge on any atom is -0.366 e. The number of hydroxylamine groups is 2. The molecule has 3 aromatic rings. The van der Waals surface area contributed by atoms with Crippen LogP contribution in [0.4, 0.5) is 8.78 Å². The number of aromatic nitrogens is 3. The first-order chi connectivity index (χ1) is 16.4. The normalized spacial score (nSPS) is 22.9. The van der Waals surface area contributed by atoms with Crippen LogP contribution >= 0.6 is 0 Å². The summed E-state index contributed by atoms with van der Waals surface area (Å²) in [5, 5.41) is 5.73. The average Bonchev–Trinajstić information content (AvgIpc) is 3.46. The van der Waals surface area contributed by atoms with Crippen molar-refractivity contribution in [3.63, 3.8) is 0 Å². The lowest BCUT2D eigenvalue weighted by atomic mass is 9.81. The summed E-state index contributed by atoms with van der Waals surface area (Å²) in [6.07, 6.45) is 6.64. The Hall–Kier alpha value is -3.40. The number of amides is 2. The summed E-state index contributed by atoms with van der Waals surface area (Å²) in [6, 6.07) is 4.55. The van der Waals surface area contributed by atoms with Crippen molar-refractivity contribution in [2.75, 3.05) is 6.61 Å². The van der Waals surface area contributed by atoms with Gasteiger partial charge in [-0.05, 0) is 55.4 Å². The molecule has 1 aromatic carbocycles. The summed E-state index contributed by atoms with van der Waals surface area (Å²) in [7, 11) is 0. The second-order valence-electron chi connectivity index (χ2n) is 9.04. The van der Waals surface area contributed by atoms with Crippen molar-refractivity contribution >= 4 is 22.8 Å². The number of fused-ring (bicyclic) bond motifs is 1. The Morgan fingerprint density at radius 3 is 2.47 bits per heavy atom. The SMILES string of the molecule is NC(=O)c1cnc2cnn(CC3CCC(C(=O)N4OCC[C@H]4c4cc(F)cc(F)c4)CC3)c2c1. The molecule has 0 radical (unpaired) electrons. The maximum atomic E-state index is 13.7. The van der Waals surface area contributed by atoms with E-state index in [1.807, 2.05) is 4.68 Å². The first kappa shape index (κ1) is 22.4. The Bertz CT molecular complexity index is 1220. The topological polar surface area (TPSA) is 103 Å². The molecule has 0 spiro atoms. The Balaban J connectivity index is 1.23. The van der Waals surface area contributed by atoms with E-state index < -0.39 is 23.6 Å². The highest BCUT2D eigenvalue weighted by molar-refractivity contribution is 5.95. The molecule has 10 heteroatoms. The lowest BCUT2D eigenvalue weighted by Gasteiger charge is -2.32. The van der Waals surface area contributed by atoms with Gasteiger partial charge in [0.15, 0.2) is 0 Å². The van der Waals surface area contributed by atoms with E-state index in [2.05, 4.69) is 10.1 Å². The average molecular weight is 469 g/mol. The summed E-state index contributed by atoms with van der Waals surface area (Å²) in [5.41, 5.74) is 7.57. The minimum atomic E-state index is -0.667. The first-order valence-corrected chi connectivity index (χ1v) is 11.4.